The molecule has 2 aromatic rings. The summed E-state index contributed by atoms with van der Waals surface area (Å²) in [4.78, 5) is 10.5. The number of rotatable bonds is 5. The average Bonchev–Trinajstić information content (AvgIpc) is 2.46. The molecule has 21 heavy (non-hydrogen) atoms. The zero-order valence-electron chi connectivity index (χ0n) is 10.9. The van der Waals surface area contributed by atoms with Crippen LogP contribution in [0.25, 0.3) is 6.08 Å². The molecule has 0 aliphatic heterocycles. The molecule has 0 aliphatic rings. The predicted octanol–water partition coefficient (Wildman–Crippen LogP) is 4.67. The van der Waals surface area contributed by atoms with Crippen molar-refractivity contribution in [2.45, 2.75) is 6.61 Å². The van der Waals surface area contributed by atoms with Crippen molar-refractivity contribution in [1.82, 2.24) is 0 Å². The maximum absolute atomic E-state index is 10.5. The smallest absolute Gasteiger partial charge is 0.328 e. The van der Waals surface area contributed by atoms with E-state index in [0.717, 1.165) is 11.6 Å². The standard InChI is InChI=1S/C16H12Cl2O3/c17-13-5-1-12(2-6-13)10-21-15-7-3-11(9-14(15)18)4-8-16(19)20/h1-9H,10H2,(H,19,20). The van der Waals surface area contributed by atoms with Gasteiger partial charge in [-0.2, -0.15) is 0 Å². The van der Waals surface area contributed by atoms with Crippen molar-refractivity contribution in [2.75, 3.05) is 0 Å². The minimum absolute atomic E-state index is 0.376. The van der Waals surface area contributed by atoms with Gasteiger partial charge in [0.25, 0.3) is 0 Å². The third-order valence-corrected chi connectivity index (χ3v) is 3.23. The van der Waals surface area contributed by atoms with E-state index < -0.39 is 5.97 Å². The van der Waals surface area contributed by atoms with Crippen LogP contribution in [0.4, 0.5) is 0 Å². The number of hydrogen-bond donors (Lipinski definition) is 1. The highest BCUT2D eigenvalue weighted by Gasteiger charge is 2.03. The Bertz CT molecular complexity index is 664. The Balaban J connectivity index is 2.04. The van der Waals surface area contributed by atoms with Crippen LogP contribution < -0.4 is 4.74 Å². The topological polar surface area (TPSA) is 46.5 Å². The molecular formula is C16H12Cl2O3. The van der Waals surface area contributed by atoms with Gasteiger partial charge in [-0.15, -0.1) is 0 Å². The van der Waals surface area contributed by atoms with Crippen molar-refractivity contribution in [1.29, 1.82) is 0 Å². The van der Waals surface area contributed by atoms with Crippen molar-refractivity contribution >= 4 is 35.2 Å². The zero-order valence-corrected chi connectivity index (χ0v) is 12.4. The molecule has 2 aromatic carbocycles. The van der Waals surface area contributed by atoms with Crippen LogP contribution in [0.1, 0.15) is 11.1 Å². The molecule has 0 aromatic heterocycles. The van der Waals surface area contributed by atoms with Gasteiger partial charge in [0.1, 0.15) is 12.4 Å². The second-order valence-corrected chi connectivity index (χ2v) is 5.12. The fourth-order valence-electron chi connectivity index (χ4n) is 1.65. The molecule has 0 bridgehead atoms. The summed E-state index contributed by atoms with van der Waals surface area (Å²) in [7, 11) is 0. The largest absolute Gasteiger partial charge is 0.487 e. The Hall–Kier alpha value is -1.97. The Morgan fingerprint density at radius 2 is 1.86 bits per heavy atom. The highest BCUT2D eigenvalue weighted by molar-refractivity contribution is 6.32. The van der Waals surface area contributed by atoms with E-state index in [9.17, 15) is 4.79 Å². The van der Waals surface area contributed by atoms with Crippen LogP contribution in [0.3, 0.4) is 0 Å². The van der Waals surface area contributed by atoms with Crippen molar-refractivity contribution < 1.29 is 14.6 Å². The normalized spacial score (nSPS) is 10.8. The fraction of sp³-hybridized carbons (Fsp3) is 0.0625. The first kappa shape index (κ1) is 15.4. The van der Waals surface area contributed by atoms with E-state index >= 15 is 0 Å². The molecule has 0 amide bonds. The number of aliphatic carboxylic acids is 1. The number of hydrogen-bond acceptors (Lipinski definition) is 2. The fourth-order valence-corrected chi connectivity index (χ4v) is 2.02. The monoisotopic (exact) mass is 322 g/mol. The van der Waals surface area contributed by atoms with Gasteiger partial charge in [0.2, 0.25) is 0 Å². The molecule has 0 radical (unpaired) electrons. The second-order valence-electron chi connectivity index (χ2n) is 4.28. The molecule has 0 saturated carbocycles. The predicted molar refractivity (Wildman–Crippen MR) is 83.9 cm³/mol. The molecule has 3 nitrogen and oxygen atoms in total. The number of benzene rings is 2. The lowest BCUT2D eigenvalue weighted by Gasteiger charge is -2.08. The lowest BCUT2D eigenvalue weighted by atomic mass is 10.2. The number of halogens is 2. The summed E-state index contributed by atoms with van der Waals surface area (Å²) in [6, 6.07) is 12.4. The molecule has 2 rings (SSSR count). The summed E-state index contributed by atoms with van der Waals surface area (Å²) in [6.07, 6.45) is 2.52. The van der Waals surface area contributed by atoms with Crippen molar-refractivity contribution in [3.05, 3.63) is 69.7 Å². The number of carboxylic acids is 1. The van der Waals surface area contributed by atoms with Gasteiger partial charge in [-0.1, -0.05) is 41.4 Å². The van der Waals surface area contributed by atoms with Crippen LogP contribution in [0.2, 0.25) is 10.0 Å². The number of carbonyl (C=O) groups is 1. The minimum Gasteiger partial charge on any atom is -0.487 e. The quantitative estimate of drug-likeness (QED) is 0.813. The van der Waals surface area contributed by atoms with E-state index in [4.69, 9.17) is 33.0 Å². The Kier molecular flexibility index (Phi) is 5.26. The summed E-state index contributed by atoms with van der Waals surface area (Å²) in [5.74, 6) is -0.465. The van der Waals surface area contributed by atoms with E-state index in [1.165, 1.54) is 6.08 Å². The maximum Gasteiger partial charge on any atom is 0.328 e. The maximum atomic E-state index is 10.5. The first-order valence-corrected chi connectivity index (χ1v) is 6.88. The summed E-state index contributed by atoms with van der Waals surface area (Å²) in [6.45, 7) is 0.376. The summed E-state index contributed by atoms with van der Waals surface area (Å²) in [5, 5.41) is 9.67. The lowest BCUT2D eigenvalue weighted by molar-refractivity contribution is -0.131. The summed E-state index contributed by atoms with van der Waals surface area (Å²) >= 11 is 11.9. The highest BCUT2D eigenvalue weighted by atomic mass is 35.5. The van der Waals surface area contributed by atoms with E-state index in [-0.39, 0.29) is 0 Å². The van der Waals surface area contributed by atoms with E-state index in [2.05, 4.69) is 0 Å². The molecule has 0 unspecified atom stereocenters. The molecule has 0 atom stereocenters. The molecule has 0 aliphatic carbocycles. The van der Waals surface area contributed by atoms with Crippen LogP contribution >= 0.6 is 23.2 Å². The van der Waals surface area contributed by atoms with Crippen molar-refractivity contribution in [3.63, 3.8) is 0 Å². The first-order chi connectivity index (χ1) is 10.0. The van der Waals surface area contributed by atoms with Gasteiger partial charge in [0.05, 0.1) is 5.02 Å². The number of carboxylic acid groups (broad SMARTS) is 1. The van der Waals surface area contributed by atoms with Crippen LogP contribution in [0.15, 0.2) is 48.5 Å². The van der Waals surface area contributed by atoms with E-state index in [1.807, 2.05) is 12.1 Å². The van der Waals surface area contributed by atoms with Crippen LogP contribution in [-0.4, -0.2) is 11.1 Å². The molecule has 5 heteroatoms. The molecule has 0 fully saturated rings. The van der Waals surface area contributed by atoms with Gasteiger partial charge in [-0.25, -0.2) is 4.79 Å². The van der Waals surface area contributed by atoms with Gasteiger partial charge in [0.15, 0.2) is 0 Å². The Morgan fingerprint density at radius 3 is 2.48 bits per heavy atom. The highest BCUT2D eigenvalue weighted by Crippen LogP contribution is 2.27. The van der Waals surface area contributed by atoms with Crippen molar-refractivity contribution in [3.8, 4) is 5.75 Å². The summed E-state index contributed by atoms with van der Waals surface area (Å²) < 4.78 is 5.63. The van der Waals surface area contributed by atoms with Crippen molar-refractivity contribution in [2.24, 2.45) is 0 Å². The van der Waals surface area contributed by atoms with Gasteiger partial charge >= 0.3 is 5.97 Å². The molecular weight excluding hydrogens is 311 g/mol. The summed E-state index contributed by atoms with van der Waals surface area (Å²) in [5.41, 5.74) is 1.67. The van der Waals surface area contributed by atoms with Gasteiger partial charge in [0, 0.05) is 11.1 Å². The minimum atomic E-state index is -1.01. The average molecular weight is 323 g/mol. The number of ether oxygens (including phenoxy) is 1. The second kappa shape index (κ2) is 7.16. The van der Waals surface area contributed by atoms with Crippen LogP contribution in [0.5, 0.6) is 5.75 Å². The molecule has 0 spiro atoms. The first-order valence-electron chi connectivity index (χ1n) is 6.12. The van der Waals surface area contributed by atoms with Gasteiger partial charge < -0.3 is 9.84 Å². The van der Waals surface area contributed by atoms with Crippen LogP contribution in [-0.2, 0) is 11.4 Å². The zero-order chi connectivity index (χ0) is 15.2. The lowest BCUT2D eigenvalue weighted by Crippen LogP contribution is -1.96. The van der Waals surface area contributed by atoms with Gasteiger partial charge in [-0.3, -0.25) is 0 Å². The molecule has 0 heterocycles. The van der Waals surface area contributed by atoms with E-state index in [0.29, 0.717) is 28.0 Å². The van der Waals surface area contributed by atoms with E-state index in [1.54, 1.807) is 30.3 Å². The molecule has 1 N–H and O–H groups in total. The van der Waals surface area contributed by atoms with Gasteiger partial charge in [-0.05, 0) is 41.5 Å². The SMILES string of the molecule is O=C(O)C=Cc1ccc(OCc2ccc(Cl)cc2)c(Cl)c1. The molecule has 0 saturated heterocycles. The molecule has 108 valence electrons. The third kappa shape index (κ3) is 4.81. The Labute approximate surface area is 132 Å². The Morgan fingerprint density at radius 1 is 1.14 bits per heavy atom. The van der Waals surface area contributed by atoms with Crippen LogP contribution in [0, 0.1) is 0 Å². The third-order valence-electron chi connectivity index (χ3n) is 2.68.